The Morgan fingerprint density at radius 2 is 1.76 bits per heavy atom. The van der Waals surface area contributed by atoms with Crippen LogP contribution in [0, 0.1) is 0 Å². The van der Waals surface area contributed by atoms with E-state index in [-0.39, 0.29) is 30.4 Å². The Morgan fingerprint density at radius 1 is 1.19 bits per heavy atom. The monoisotopic (exact) mass is 326 g/mol. The summed E-state index contributed by atoms with van der Waals surface area (Å²) in [7, 11) is -3.09. The predicted octanol–water partition coefficient (Wildman–Crippen LogP) is 1.77. The van der Waals surface area contributed by atoms with Gasteiger partial charge in [-0.3, -0.25) is 0 Å². The highest BCUT2D eigenvalue weighted by molar-refractivity contribution is 7.90. The summed E-state index contributed by atoms with van der Waals surface area (Å²) in [6.07, 6.45) is -3.27. The van der Waals surface area contributed by atoms with Crippen molar-refractivity contribution in [2.24, 2.45) is 0 Å². The van der Waals surface area contributed by atoms with Crippen molar-refractivity contribution in [3.63, 3.8) is 0 Å². The number of hydrogen-bond acceptors (Lipinski definition) is 6. The molecular weight excluding hydrogens is 309 g/mol. The van der Waals surface area contributed by atoms with Crippen LogP contribution < -0.4 is 10.6 Å². The molecule has 0 radical (unpaired) electrons. The molecule has 21 heavy (non-hydrogen) atoms. The van der Waals surface area contributed by atoms with Crippen molar-refractivity contribution in [2.75, 3.05) is 35.7 Å². The van der Waals surface area contributed by atoms with Crippen LogP contribution in [0.25, 0.3) is 0 Å². The molecule has 0 aliphatic heterocycles. The van der Waals surface area contributed by atoms with Gasteiger partial charge in [-0.1, -0.05) is 0 Å². The van der Waals surface area contributed by atoms with Crippen LogP contribution in [0.1, 0.15) is 19.2 Å². The van der Waals surface area contributed by atoms with E-state index >= 15 is 0 Å². The summed E-state index contributed by atoms with van der Waals surface area (Å²) >= 11 is 0. The van der Waals surface area contributed by atoms with Crippen molar-refractivity contribution in [1.82, 2.24) is 9.97 Å². The van der Waals surface area contributed by atoms with Gasteiger partial charge >= 0.3 is 6.18 Å². The van der Waals surface area contributed by atoms with E-state index in [0.717, 1.165) is 6.26 Å². The number of nitrogens with one attached hydrogen (secondary N) is 2. The molecule has 0 unspecified atom stereocenters. The molecule has 0 saturated heterocycles. The van der Waals surface area contributed by atoms with Gasteiger partial charge in [-0.25, -0.2) is 18.4 Å². The first-order valence-corrected chi connectivity index (χ1v) is 8.29. The topological polar surface area (TPSA) is 84.0 Å². The standard InChI is InChI=1S/C11H17F3N4O2S/c1-3-15-8-7-9(16-5-4-6-21(2,19)20)18-10(17-8)11(12,13)14/h7H,3-6H2,1-2H3,(H2,15,16,17,18). The molecule has 0 bridgehead atoms. The van der Waals surface area contributed by atoms with Crippen LogP contribution in [-0.4, -0.2) is 43.5 Å². The van der Waals surface area contributed by atoms with E-state index in [0.29, 0.717) is 6.54 Å². The van der Waals surface area contributed by atoms with Gasteiger partial charge in [0.25, 0.3) is 0 Å². The van der Waals surface area contributed by atoms with Crippen LogP contribution >= 0.6 is 0 Å². The second kappa shape index (κ2) is 6.92. The lowest BCUT2D eigenvalue weighted by Crippen LogP contribution is -2.16. The fourth-order valence-corrected chi connectivity index (χ4v) is 2.16. The third-order valence-corrected chi connectivity index (χ3v) is 3.37. The van der Waals surface area contributed by atoms with E-state index in [4.69, 9.17) is 0 Å². The fourth-order valence-electron chi connectivity index (χ4n) is 1.49. The number of rotatable bonds is 7. The molecule has 2 N–H and O–H groups in total. The van der Waals surface area contributed by atoms with Gasteiger partial charge in [-0.15, -0.1) is 0 Å². The van der Waals surface area contributed by atoms with Gasteiger partial charge in [0.2, 0.25) is 5.82 Å². The number of anilines is 2. The average molecular weight is 326 g/mol. The van der Waals surface area contributed by atoms with Gasteiger partial charge in [-0.05, 0) is 13.3 Å². The Bertz CT molecular complexity index is 575. The van der Waals surface area contributed by atoms with Crippen molar-refractivity contribution in [1.29, 1.82) is 0 Å². The largest absolute Gasteiger partial charge is 0.451 e. The summed E-state index contributed by atoms with van der Waals surface area (Å²) in [5.74, 6) is -1.23. The predicted molar refractivity (Wildman–Crippen MR) is 74.0 cm³/mol. The van der Waals surface area contributed by atoms with Crippen LogP contribution in [0.4, 0.5) is 24.8 Å². The van der Waals surface area contributed by atoms with Crippen molar-refractivity contribution in [2.45, 2.75) is 19.5 Å². The van der Waals surface area contributed by atoms with Crippen molar-refractivity contribution >= 4 is 21.5 Å². The molecule has 0 aromatic carbocycles. The van der Waals surface area contributed by atoms with Crippen LogP contribution in [0.3, 0.4) is 0 Å². The summed E-state index contributed by atoms with van der Waals surface area (Å²) in [4.78, 5) is 6.76. The summed E-state index contributed by atoms with van der Waals surface area (Å²) in [6.45, 7) is 2.35. The fraction of sp³-hybridized carbons (Fsp3) is 0.636. The average Bonchev–Trinajstić information content (AvgIpc) is 2.33. The van der Waals surface area contributed by atoms with Gasteiger partial charge < -0.3 is 10.6 Å². The Hall–Kier alpha value is -1.58. The van der Waals surface area contributed by atoms with Crippen LogP contribution in [0.5, 0.6) is 0 Å². The minimum Gasteiger partial charge on any atom is -0.370 e. The van der Waals surface area contributed by atoms with E-state index in [1.54, 1.807) is 6.92 Å². The Kier molecular flexibility index (Phi) is 5.76. The number of aromatic nitrogens is 2. The van der Waals surface area contributed by atoms with Crippen molar-refractivity contribution in [3.8, 4) is 0 Å². The van der Waals surface area contributed by atoms with Crippen LogP contribution in [0.15, 0.2) is 6.07 Å². The van der Waals surface area contributed by atoms with E-state index in [2.05, 4.69) is 20.6 Å². The zero-order chi connectivity index (χ0) is 16.1. The van der Waals surface area contributed by atoms with E-state index in [1.807, 2.05) is 0 Å². The van der Waals surface area contributed by atoms with Crippen LogP contribution in [-0.2, 0) is 16.0 Å². The molecule has 1 aromatic heterocycles. The summed E-state index contributed by atoms with van der Waals surface area (Å²) in [5.41, 5.74) is 0. The Balaban J connectivity index is 2.78. The Labute approximate surface area is 121 Å². The lowest BCUT2D eigenvalue weighted by molar-refractivity contribution is -0.144. The first-order valence-electron chi connectivity index (χ1n) is 6.23. The lowest BCUT2D eigenvalue weighted by Gasteiger charge is -2.12. The Morgan fingerprint density at radius 3 is 2.24 bits per heavy atom. The molecule has 0 spiro atoms. The molecule has 1 heterocycles. The molecule has 0 amide bonds. The molecule has 0 saturated carbocycles. The minimum atomic E-state index is -4.64. The SMILES string of the molecule is CCNc1cc(NCCCS(C)(=O)=O)nc(C(F)(F)F)n1. The van der Waals surface area contributed by atoms with Gasteiger partial charge in [-0.2, -0.15) is 13.2 Å². The zero-order valence-electron chi connectivity index (χ0n) is 11.7. The molecule has 1 rings (SSSR count). The molecule has 0 fully saturated rings. The molecule has 0 aliphatic rings. The molecule has 1 aromatic rings. The first-order chi connectivity index (χ1) is 9.62. The zero-order valence-corrected chi connectivity index (χ0v) is 12.5. The van der Waals surface area contributed by atoms with E-state index < -0.39 is 21.8 Å². The number of halogens is 3. The molecular formula is C11H17F3N4O2S. The number of hydrogen-bond donors (Lipinski definition) is 2. The lowest BCUT2D eigenvalue weighted by atomic mass is 10.4. The second-order valence-electron chi connectivity index (χ2n) is 4.40. The quantitative estimate of drug-likeness (QED) is 0.743. The summed E-state index contributed by atoms with van der Waals surface area (Å²) in [5, 5.41) is 5.36. The smallest absolute Gasteiger partial charge is 0.370 e. The third-order valence-electron chi connectivity index (χ3n) is 2.34. The molecule has 6 nitrogen and oxygen atoms in total. The van der Waals surface area contributed by atoms with Crippen LogP contribution in [0.2, 0.25) is 0 Å². The van der Waals surface area contributed by atoms with Gasteiger partial charge in [0.1, 0.15) is 21.5 Å². The highest BCUT2D eigenvalue weighted by Gasteiger charge is 2.35. The van der Waals surface area contributed by atoms with Crippen molar-refractivity contribution in [3.05, 3.63) is 11.9 Å². The number of alkyl halides is 3. The number of nitrogens with zero attached hydrogens (tertiary/aromatic N) is 2. The molecule has 0 atom stereocenters. The first kappa shape index (κ1) is 17.5. The van der Waals surface area contributed by atoms with Gasteiger partial charge in [0, 0.05) is 25.4 Å². The van der Waals surface area contributed by atoms with Crippen molar-refractivity contribution < 1.29 is 21.6 Å². The maximum atomic E-state index is 12.7. The van der Waals surface area contributed by atoms with Gasteiger partial charge in [0.15, 0.2) is 0 Å². The normalized spacial score (nSPS) is 12.2. The van der Waals surface area contributed by atoms with E-state index in [1.165, 1.54) is 6.07 Å². The second-order valence-corrected chi connectivity index (χ2v) is 6.66. The summed E-state index contributed by atoms with van der Waals surface area (Å²) < 4.78 is 59.9. The third kappa shape index (κ3) is 6.61. The molecule has 10 heteroatoms. The summed E-state index contributed by atoms with van der Waals surface area (Å²) in [6, 6.07) is 1.35. The van der Waals surface area contributed by atoms with Gasteiger partial charge in [0.05, 0.1) is 5.75 Å². The minimum absolute atomic E-state index is 0.00164. The highest BCUT2D eigenvalue weighted by atomic mass is 32.2. The maximum absolute atomic E-state index is 12.7. The maximum Gasteiger partial charge on any atom is 0.451 e. The highest BCUT2D eigenvalue weighted by Crippen LogP contribution is 2.28. The number of sulfone groups is 1. The molecule has 120 valence electrons. The molecule has 0 aliphatic carbocycles. The van der Waals surface area contributed by atoms with E-state index in [9.17, 15) is 21.6 Å².